The Morgan fingerprint density at radius 3 is 2.25 bits per heavy atom. The molecule has 0 saturated heterocycles. The Morgan fingerprint density at radius 2 is 1.79 bits per heavy atom. The number of nitrogens with one attached hydrogen (secondary N) is 1. The summed E-state index contributed by atoms with van der Waals surface area (Å²) in [4.78, 5) is 12.7. The summed E-state index contributed by atoms with van der Waals surface area (Å²) in [6, 6.07) is 12.3. The van der Waals surface area contributed by atoms with Crippen LogP contribution in [0.2, 0.25) is 0 Å². The Hall–Kier alpha value is -2.54. The zero-order valence-electron chi connectivity index (χ0n) is 17.0. The molecule has 0 aliphatic rings. The van der Waals surface area contributed by atoms with Crippen molar-refractivity contribution in [2.75, 3.05) is 24.2 Å². The average Bonchev–Trinajstić information content (AvgIpc) is 2.65. The maximum absolute atomic E-state index is 12.7. The van der Waals surface area contributed by atoms with Crippen LogP contribution in [0.4, 0.5) is 5.69 Å². The molecule has 28 heavy (non-hydrogen) atoms. The molecule has 6 nitrogen and oxygen atoms in total. The molecule has 2 aromatic carbocycles. The van der Waals surface area contributed by atoms with Gasteiger partial charge in [-0.05, 0) is 61.7 Å². The van der Waals surface area contributed by atoms with Gasteiger partial charge in [0.05, 0.1) is 25.1 Å². The van der Waals surface area contributed by atoms with Gasteiger partial charge in [0.15, 0.2) is 0 Å². The molecule has 0 fully saturated rings. The molecular weight excluding hydrogens is 376 g/mol. The van der Waals surface area contributed by atoms with Crippen LogP contribution < -0.4 is 14.4 Å². The van der Waals surface area contributed by atoms with E-state index < -0.39 is 10.0 Å². The fourth-order valence-electron chi connectivity index (χ4n) is 3.17. The topological polar surface area (TPSA) is 75.7 Å². The standard InChI is InChI=1S/C21H28N2O4S/c1-6-19(17-10-13-20(27-4)15(3)14-17)22-21(24)16-8-11-18(12-9-16)23(7-2)28(5,25)26/h8-14,19H,6-7H2,1-5H3,(H,22,24). The van der Waals surface area contributed by atoms with Gasteiger partial charge >= 0.3 is 0 Å². The lowest BCUT2D eigenvalue weighted by Crippen LogP contribution is -2.30. The number of carbonyl (C=O) groups is 1. The van der Waals surface area contributed by atoms with Crippen molar-refractivity contribution in [3.05, 3.63) is 59.2 Å². The molecule has 152 valence electrons. The molecular formula is C21H28N2O4S. The predicted molar refractivity (Wildman–Crippen MR) is 113 cm³/mol. The van der Waals surface area contributed by atoms with Crippen LogP contribution in [0.1, 0.15) is 47.8 Å². The van der Waals surface area contributed by atoms with Crippen LogP contribution in [0.25, 0.3) is 0 Å². The first-order valence-corrected chi connectivity index (χ1v) is 11.1. The molecule has 1 unspecified atom stereocenters. The summed E-state index contributed by atoms with van der Waals surface area (Å²) in [5.41, 5.74) is 3.05. The lowest BCUT2D eigenvalue weighted by molar-refractivity contribution is 0.0935. The zero-order valence-corrected chi connectivity index (χ0v) is 17.8. The van der Waals surface area contributed by atoms with Crippen LogP contribution in [-0.4, -0.2) is 34.2 Å². The van der Waals surface area contributed by atoms with Crippen LogP contribution in [-0.2, 0) is 10.0 Å². The largest absolute Gasteiger partial charge is 0.496 e. The van der Waals surface area contributed by atoms with Gasteiger partial charge in [0.25, 0.3) is 5.91 Å². The molecule has 2 aromatic rings. The van der Waals surface area contributed by atoms with Gasteiger partial charge in [-0.25, -0.2) is 8.42 Å². The third kappa shape index (κ3) is 5.04. The van der Waals surface area contributed by atoms with Crippen molar-refractivity contribution in [2.45, 2.75) is 33.2 Å². The fourth-order valence-corrected chi connectivity index (χ4v) is 4.14. The van der Waals surface area contributed by atoms with Crippen molar-refractivity contribution in [1.29, 1.82) is 0 Å². The Balaban J connectivity index is 2.18. The van der Waals surface area contributed by atoms with E-state index in [0.29, 0.717) is 17.8 Å². The molecule has 1 amide bonds. The van der Waals surface area contributed by atoms with Crippen LogP contribution in [0, 0.1) is 6.92 Å². The van der Waals surface area contributed by atoms with Crippen molar-refractivity contribution in [3.8, 4) is 5.75 Å². The van der Waals surface area contributed by atoms with E-state index in [1.165, 1.54) is 10.6 Å². The van der Waals surface area contributed by atoms with Crippen LogP contribution in [0.3, 0.4) is 0 Å². The van der Waals surface area contributed by atoms with Gasteiger partial charge in [-0.15, -0.1) is 0 Å². The molecule has 0 aliphatic carbocycles. The van der Waals surface area contributed by atoms with Crippen LogP contribution in [0.15, 0.2) is 42.5 Å². The molecule has 0 spiro atoms. The van der Waals surface area contributed by atoms with Gasteiger partial charge in [0.2, 0.25) is 10.0 Å². The fraction of sp³-hybridized carbons (Fsp3) is 0.381. The minimum absolute atomic E-state index is 0.125. The Labute approximate surface area is 167 Å². The number of methoxy groups -OCH3 is 1. The summed E-state index contributed by atoms with van der Waals surface area (Å²) in [5.74, 6) is 0.612. The monoisotopic (exact) mass is 404 g/mol. The van der Waals surface area contributed by atoms with Crippen molar-refractivity contribution >= 4 is 21.6 Å². The smallest absolute Gasteiger partial charge is 0.251 e. The first-order chi connectivity index (χ1) is 13.2. The van der Waals surface area contributed by atoms with Crippen LogP contribution >= 0.6 is 0 Å². The Bertz CT molecular complexity index is 924. The first-order valence-electron chi connectivity index (χ1n) is 9.24. The molecule has 0 saturated carbocycles. The summed E-state index contributed by atoms with van der Waals surface area (Å²) in [7, 11) is -1.71. The second-order valence-corrected chi connectivity index (χ2v) is 8.54. The van der Waals surface area contributed by atoms with Crippen molar-refractivity contribution in [1.82, 2.24) is 5.32 Å². The second kappa shape index (κ2) is 9.10. The van der Waals surface area contributed by atoms with Crippen molar-refractivity contribution < 1.29 is 17.9 Å². The molecule has 1 N–H and O–H groups in total. The quantitative estimate of drug-likeness (QED) is 0.728. The van der Waals surface area contributed by atoms with E-state index in [1.807, 2.05) is 32.0 Å². The van der Waals surface area contributed by atoms with E-state index in [-0.39, 0.29) is 11.9 Å². The highest BCUT2D eigenvalue weighted by Gasteiger charge is 2.18. The number of nitrogens with zero attached hydrogens (tertiary/aromatic N) is 1. The molecule has 0 radical (unpaired) electrons. The van der Waals surface area contributed by atoms with Gasteiger partial charge < -0.3 is 10.1 Å². The lowest BCUT2D eigenvalue weighted by Gasteiger charge is -2.21. The summed E-state index contributed by atoms with van der Waals surface area (Å²) in [6.45, 7) is 6.08. The van der Waals surface area contributed by atoms with E-state index in [0.717, 1.165) is 23.3 Å². The Kier molecular flexibility index (Phi) is 7.07. The molecule has 0 heterocycles. The number of rotatable bonds is 8. The summed E-state index contributed by atoms with van der Waals surface area (Å²) in [5, 5.41) is 3.05. The van der Waals surface area contributed by atoms with E-state index >= 15 is 0 Å². The molecule has 7 heteroatoms. The first kappa shape index (κ1) is 21.8. The number of sulfonamides is 1. The molecule has 1 atom stereocenters. The maximum Gasteiger partial charge on any atom is 0.251 e. The zero-order chi connectivity index (χ0) is 20.9. The number of hydrogen-bond donors (Lipinski definition) is 1. The SMILES string of the molecule is CCC(NC(=O)c1ccc(N(CC)S(C)(=O)=O)cc1)c1ccc(OC)c(C)c1. The minimum atomic E-state index is -3.35. The molecule has 2 rings (SSSR count). The number of carbonyl (C=O) groups excluding carboxylic acids is 1. The molecule has 0 bridgehead atoms. The highest BCUT2D eigenvalue weighted by molar-refractivity contribution is 7.92. The predicted octanol–water partition coefficient (Wildman–Crippen LogP) is 3.67. The highest BCUT2D eigenvalue weighted by Crippen LogP contribution is 2.25. The number of ether oxygens (including phenoxy) is 1. The van der Waals surface area contributed by atoms with E-state index in [9.17, 15) is 13.2 Å². The van der Waals surface area contributed by atoms with E-state index in [1.54, 1.807) is 38.3 Å². The number of aryl methyl sites for hydroxylation is 1. The summed E-state index contributed by atoms with van der Waals surface area (Å²) >= 11 is 0. The van der Waals surface area contributed by atoms with Gasteiger partial charge in [-0.3, -0.25) is 9.10 Å². The van der Waals surface area contributed by atoms with Crippen molar-refractivity contribution in [2.24, 2.45) is 0 Å². The number of hydrogen-bond acceptors (Lipinski definition) is 4. The number of benzene rings is 2. The van der Waals surface area contributed by atoms with Crippen LogP contribution in [0.5, 0.6) is 5.75 Å². The van der Waals surface area contributed by atoms with Crippen molar-refractivity contribution in [3.63, 3.8) is 0 Å². The average molecular weight is 405 g/mol. The Morgan fingerprint density at radius 1 is 1.14 bits per heavy atom. The van der Waals surface area contributed by atoms with Gasteiger partial charge in [-0.2, -0.15) is 0 Å². The minimum Gasteiger partial charge on any atom is -0.496 e. The summed E-state index contributed by atoms with van der Waals surface area (Å²) in [6.07, 6.45) is 1.91. The lowest BCUT2D eigenvalue weighted by atomic mass is 10.0. The van der Waals surface area contributed by atoms with Gasteiger partial charge in [-0.1, -0.05) is 19.1 Å². The van der Waals surface area contributed by atoms with E-state index in [4.69, 9.17) is 4.74 Å². The maximum atomic E-state index is 12.7. The van der Waals surface area contributed by atoms with Gasteiger partial charge in [0.1, 0.15) is 5.75 Å². The summed E-state index contributed by atoms with van der Waals surface area (Å²) < 4.78 is 30.3. The third-order valence-corrected chi connectivity index (χ3v) is 5.91. The molecule has 0 aliphatic heterocycles. The highest BCUT2D eigenvalue weighted by atomic mass is 32.2. The molecule has 0 aromatic heterocycles. The normalized spacial score (nSPS) is 12.3. The second-order valence-electron chi connectivity index (χ2n) is 6.64. The van der Waals surface area contributed by atoms with Gasteiger partial charge in [0, 0.05) is 12.1 Å². The van der Waals surface area contributed by atoms with E-state index in [2.05, 4.69) is 5.32 Å². The third-order valence-electron chi connectivity index (χ3n) is 4.64. The number of amides is 1. The number of anilines is 1.